The van der Waals surface area contributed by atoms with Crippen molar-refractivity contribution < 1.29 is 13.9 Å². The van der Waals surface area contributed by atoms with Crippen LogP contribution >= 0.6 is 0 Å². The third-order valence-electron chi connectivity index (χ3n) is 4.10. The van der Waals surface area contributed by atoms with E-state index in [1.807, 2.05) is 25.1 Å². The van der Waals surface area contributed by atoms with Gasteiger partial charge in [-0.1, -0.05) is 0 Å². The van der Waals surface area contributed by atoms with Gasteiger partial charge in [0.15, 0.2) is 0 Å². The van der Waals surface area contributed by atoms with Gasteiger partial charge in [-0.25, -0.2) is 4.98 Å². The first kappa shape index (κ1) is 14.9. The van der Waals surface area contributed by atoms with Crippen LogP contribution in [-0.4, -0.2) is 37.2 Å². The topological polar surface area (TPSA) is 47.7 Å². The quantitative estimate of drug-likeness (QED) is 0.848. The summed E-state index contributed by atoms with van der Waals surface area (Å²) in [5.74, 6) is 2.94. The third kappa shape index (κ3) is 2.95. The summed E-state index contributed by atoms with van der Waals surface area (Å²) in [4.78, 5) is 7.10. The predicted octanol–water partition coefficient (Wildman–Crippen LogP) is 3.26. The highest BCUT2D eigenvalue weighted by Gasteiger charge is 2.19. The van der Waals surface area contributed by atoms with E-state index in [0.717, 1.165) is 48.2 Å². The molecule has 0 radical (unpaired) electrons. The van der Waals surface area contributed by atoms with E-state index in [1.54, 1.807) is 14.2 Å². The minimum Gasteiger partial charge on any atom is -0.497 e. The first-order valence-corrected chi connectivity index (χ1v) is 7.62. The van der Waals surface area contributed by atoms with Crippen LogP contribution in [0.5, 0.6) is 11.5 Å². The number of aromatic nitrogens is 1. The van der Waals surface area contributed by atoms with Gasteiger partial charge in [-0.3, -0.25) is 4.90 Å². The highest BCUT2D eigenvalue weighted by atomic mass is 16.5. The van der Waals surface area contributed by atoms with E-state index in [-0.39, 0.29) is 0 Å². The van der Waals surface area contributed by atoms with Crippen molar-refractivity contribution >= 4 is 0 Å². The van der Waals surface area contributed by atoms with Crippen LogP contribution in [0.25, 0.3) is 11.5 Å². The lowest BCUT2D eigenvalue weighted by Gasteiger charge is -2.12. The van der Waals surface area contributed by atoms with E-state index >= 15 is 0 Å². The predicted molar refractivity (Wildman–Crippen MR) is 84.3 cm³/mol. The van der Waals surface area contributed by atoms with Crippen molar-refractivity contribution in [2.24, 2.45) is 0 Å². The maximum absolute atomic E-state index is 5.88. The van der Waals surface area contributed by atoms with Crippen molar-refractivity contribution in [1.29, 1.82) is 0 Å². The second kappa shape index (κ2) is 6.40. The molecule has 0 amide bonds. The number of aryl methyl sites for hydroxylation is 1. The number of likely N-dealkylation sites (tertiary alicyclic amines) is 1. The third-order valence-corrected chi connectivity index (χ3v) is 4.10. The highest BCUT2D eigenvalue weighted by molar-refractivity contribution is 5.65. The number of methoxy groups -OCH3 is 2. The van der Waals surface area contributed by atoms with Gasteiger partial charge in [0, 0.05) is 6.54 Å². The molecule has 1 fully saturated rings. The zero-order chi connectivity index (χ0) is 15.5. The molecule has 1 aromatic carbocycles. The minimum atomic E-state index is 0.586. The van der Waals surface area contributed by atoms with E-state index in [4.69, 9.17) is 13.9 Å². The van der Waals surface area contributed by atoms with Crippen molar-refractivity contribution in [2.75, 3.05) is 27.3 Å². The van der Waals surface area contributed by atoms with Crippen molar-refractivity contribution in [3.05, 3.63) is 29.7 Å². The Hall–Kier alpha value is -2.01. The summed E-state index contributed by atoms with van der Waals surface area (Å²) in [5, 5.41) is 0. The Balaban J connectivity index is 1.91. The van der Waals surface area contributed by atoms with Gasteiger partial charge in [0.05, 0.1) is 25.5 Å². The second-order valence-electron chi connectivity index (χ2n) is 5.57. The highest BCUT2D eigenvalue weighted by Crippen LogP contribution is 2.34. The molecule has 0 spiro atoms. The fourth-order valence-corrected chi connectivity index (χ4v) is 2.82. The zero-order valence-corrected chi connectivity index (χ0v) is 13.4. The lowest BCUT2D eigenvalue weighted by molar-refractivity contribution is 0.325. The van der Waals surface area contributed by atoms with Crippen molar-refractivity contribution in [2.45, 2.75) is 26.3 Å². The molecule has 2 aromatic rings. The van der Waals surface area contributed by atoms with Gasteiger partial charge in [0.25, 0.3) is 0 Å². The van der Waals surface area contributed by atoms with Crippen LogP contribution < -0.4 is 9.47 Å². The van der Waals surface area contributed by atoms with Crippen LogP contribution in [0.3, 0.4) is 0 Å². The molecule has 0 bridgehead atoms. The second-order valence-corrected chi connectivity index (χ2v) is 5.57. The van der Waals surface area contributed by atoms with Gasteiger partial charge >= 0.3 is 0 Å². The minimum absolute atomic E-state index is 0.586. The molecule has 118 valence electrons. The van der Waals surface area contributed by atoms with E-state index in [0.29, 0.717) is 5.89 Å². The van der Waals surface area contributed by atoms with Crippen LogP contribution in [0, 0.1) is 6.92 Å². The Kier molecular flexibility index (Phi) is 4.34. The molecule has 0 unspecified atom stereocenters. The molecule has 1 saturated heterocycles. The molecule has 22 heavy (non-hydrogen) atoms. The Labute approximate surface area is 130 Å². The molecular formula is C17H22N2O3. The van der Waals surface area contributed by atoms with Gasteiger partial charge in [0.2, 0.25) is 5.89 Å². The fraction of sp³-hybridized carbons (Fsp3) is 0.471. The van der Waals surface area contributed by atoms with Gasteiger partial charge in [0.1, 0.15) is 17.3 Å². The van der Waals surface area contributed by atoms with E-state index in [1.165, 1.54) is 12.8 Å². The molecule has 0 aliphatic carbocycles. The lowest BCUT2D eigenvalue weighted by atomic mass is 10.2. The SMILES string of the molecule is COc1ccc(OC)c(-c2nc(CN3CCCC3)c(C)o2)c1. The lowest BCUT2D eigenvalue weighted by Crippen LogP contribution is -2.19. The standard InChI is InChI=1S/C17H22N2O3/c1-12-15(11-19-8-4-5-9-19)18-17(22-12)14-10-13(20-2)6-7-16(14)21-3/h6-7,10H,4-5,8-9,11H2,1-3H3. The number of rotatable bonds is 5. The average molecular weight is 302 g/mol. The van der Waals surface area contributed by atoms with Crippen molar-refractivity contribution in [3.8, 4) is 23.0 Å². The van der Waals surface area contributed by atoms with Crippen LogP contribution in [0.2, 0.25) is 0 Å². The summed E-state index contributed by atoms with van der Waals surface area (Å²) < 4.78 is 16.6. The summed E-state index contributed by atoms with van der Waals surface area (Å²) in [6.07, 6.45) is 2.54. The van der Waals surface area contributed by atoms with Crippen LogP contribution in [0.4, 0.5) is 0 Å². The van der Waals surface area contributed by atoms with Crippen molar-refractivity contribution in [1.82, 2.24) is 9.88 Å². The summed E-state index contributed by atoms with van der Waals surface area (Å²) in [6.45, 7) is 5.10. The normalized spacial score (nSPS) is 15.2. The summed E-state index contributed by atoms with van der Waals surface area (Å²) in [5.41, 5.74) is 1.82. The monoisotopic (exact) mass is 302 g/mol. The zero-order valence-electron chi connectivity index (χ0n) is 13.4. The first-order chi connectivity index (χ1) is 10.7. The molecule has 1 aromatic heterocycles. The number of oxazole rings is 1. The fourth-order valence-electron chi connectivity index (χ4n) is 2.82. The van der Waals surface area contributed by atoms with E-state index < -0.39 is 0 Å². The van der Waals surface area contributed by atoms with Crippen LogP contribution in [0.15, 0.2) is 22.6 Å². The molecule has 5 nitrogen and oxygen atoms in total. The molecule has 2 heterocycles. The summed E-state index contributed by atoms with van der Waals surface area (Å²) in [7, 11) is 3.29. The van der Waals surface area contributed by atoms with E-state index in [2.05, 4.69) is 9.88 Å². The van der Waals surface area contributed by atoms with Gasteiger partial charge in [-0.05, 0) is 51.1 Å². The van der Waals surface area contributed by atoms with Gasteiger partial charge in [-0.15, -0.1) is 0 Å². The largest absolute Gasteiger partial charge is 0.497 e. The number of hydrogen-bond donors (Lipinski definition) is 0. The molecule has 1 aliphatic heterocycles. The van der Waals surface area contributed by atoms with Crippen LogP contribution in [-0.2, 0) is 6.54 Å². The Morgan fingerprint density at radius 1 is 1.18 bits per heavy atom. The first-order valence-electron chi connectivity index (χ1n) is 7.62. The molecule has 3 rings (SSSR count). The molecule has 5 heteroatoms. The number of ether oxygens (including phenoxy) is 2. The molecule has 0 saturated carbocycles. The average Bonchev–Trinajstić information content (AvgIpc) is 3.17. The Morgan fingerprint density at radius 3 is 2.64 bits per heavy atom. The molecule has 1 aliphatic rings. The van der Waals surface area contributed by atoms with Gasteiger partial charge in [-0.2, -0.15) is 0 Å². The van der Waals surface area contributed by atoms with Crippen molar-refractivity contribution in [3.63, 3.8) is 0 Å². The van der Waals surface area contributed by atoms with Crippen LogP contribution in [0.1, 0.15) is 24.3 Å². The number of benzene rings is 1. The maximum Gasteiger partial charge on any atom is 0.230 e. The molecule has 0 N–H and O–H groups in total. The van der Waals surface area contributed by atoms with E-state index in [9.17, 15) is 0 Å². The maximum atomic E-state index is 5.88. The van der Waals surface area contributed by atoms with Gasteiger partial charge < -0.3 is 13.9 Å². The summed E-state index contributed by atoms with van der Waals surface area (Å²) >= 11 is 0. The number of nitrogens with zero attached hydrogens (tertiary/aromatic N) is 2. The Morgan fingerprint density at radius 2 is 1.95 bits per heavy atom. The molecule has 0 atom stereocenters. The smallest absolute Gasteiger partial charge is 0.230 e. The Bertz CT molecular complexity index is 645. The molecular weight excluding hydrogens is 280 g/mol. The number of hydrogen-bond acceptors (Lipinski definition) is 5. The summed E-state index contributed by atoms with van der Waals surface area (Å²) in [6, 6.07) is 5.63.